The van der Waals surface area contributed by atoms with Crippen molar-refractivity contribution in [2.24, 2.45) is 0 Å². The van der Waals surface area contributed by atoms with E-state index in [1.807, 2.05) is 17.2 Å². The second-order valence-corrected chi connectivity index (χ2v) is 9.20. The Labute approximate surface area is 188 Å². The first-order valence-corrected chi connectivity index (χ1v) is 11.8. The molecule has 32 heavy (non-hydrogen) atoms. The summed E-state index contributed by atoms with van der Waals surface area (Å²) < 4.78 is 5.64. The highest BCUT2D eigenvalue weighted by molar-refractivity contribution is 5.76. The van der Waals surface area contributed by atoms with Crippen LogP contribution in [0.3, 0.4) is 0 Å². The lowest BCUT2D eigenvalue weighted by atomic mass is 10.0. The van der Waals surface area contributed by atoms with Crippen molar-refractivity contribution in [3.8, 4) is 0 Å². The van der Waals surface area contributed by atoms with Crippen molar-refractivity contribution in [2.45, 2.75) is 63.6 Å². The molecule has 0 unspecified atom stereocenters. The van der Waals surface area contributed by atoms with Gasteiger partial charge in [0.1, 0.15) is 5.82 Å². The third-order valence-electron chi connectivity index (χ3n) is 6.93. The van der Waals surface area contributed by atoms with Gasteiger partial charge in [-0.15, -0.1) is 0 Å². The first-order valence-electron chi connectivity index (χ1n) is 11.8. The minimum absolute atomic E-state index is 0.0193. The van der Waals surface area contributed by atoms with E-state index in [9.17, 15) is 9.59 Å². The van der Waals surface area contributed by atoms with Crippen LogP contribution in [0.5, 0.6) is 0 Å². The predicted octanol–water partition coefficient (Wildman–Crippen LogP) is 2.00. The lowest BCUT2D eigenvalue weighted by Crippen LogP contribution is -2.36. The van der Waals surface area contributed by atoms with Crippen LogP contribution in [0.1, 0.15) is 60.7 Å². The summed E-state index contributed by atoms with van der Waals surface area (Å²) in [7, 11) is 0. The average Bonchev–Trinajstić information content (AvgIpc) is 3.50. The summed E-state index contributed by atoms with van der Waals surface area (Å²) in [6, 6.07) is 4.02. The number of hydrogen-bond donors (Lipinski definition) is 1. The quantitative estimate of drug-likeness (QED) is 0.743. The Hall–Kier alpha value is -2.58. The Bertz CT molecular complexity index is 1000. The van der Waals surface area contributed by atoms with Crippen molar-refractivity contribution in [1.82, 2.24) is 24.8 Å². The third kappa shape index (κ3) is 4.76. The number of amides is 1. The maximum atomic E-state index is 12.8. The molecule has 0 spiro atoms. The first kappa shape index (κ1) is 21.3. The zero-order chi connectivity index (χ0) is 21.9. The number of aromatic nitrogens is 3. The fourth-order valence-electron chi connectivity index (χ4n) is 5.12. The molecule has 1 N–H and O–H groups in total. The highest BCUT2D eigenvalue weighted by Gasteiger charge is 2.31. The zero-order valence-corrected chi connectivity index (χ0v) is 18.5. The van der Waals surface area contributed by atoms with Gasteiger partial charge >= 0.3 is 0 Å². The number of carbonyl (C=O) groups is 1. The maximum Gasteiger partial charge on any atom is 0.254 e. The summed E-state index contributed by atoms with van der Waals surface area (Å²) in [5, 5.41) is 0. The number of nitrogens with one attached hydrogen (secondary N) is 1. The van der Waals surface area contributed by atoms with Gasteiger partial charge in [-0.3, -0.25) is 19.5 Å². The monoisotopic (exact) mass is 437 g/mol. The Morgan fingerprint density at radius 1 is 1.28 bits per heavy atom. The number of H-pyrrole nitrogens is 1. The van der Waals surface area contributed by atoms with E-state index >= 15 is 0 Å². The molecule has 2 saturated heterocycles. The number of fused-ring (bicyclic) bond motifs is 1. The van der Waals surface area contributed by atoms with E-state index in [2.05, 4.69) is 20.9 Å². The maximum absolute atomic E-state index is 12.8. The van der Waals surface area contributed by atoms with Gasteiger partial charge in [-0.2, -0.15) is 0 Å². The van der Waals surface area contributed by atoms with Crippen LogP contribution in [0.25, 0.3) is 0 Å². The van der Waals surface area contributed by atoms with Gasteiger partial charge in [-0.1, -0.05) is 6.07 Å². The highest BCUT2D eigenvalue weighted by atomic mass is 16.5. The van der Waals surface area contributed by atoms with E-state index in [0.29, 0.717) is 25.9 Å². The molecular weight excluding hydrogens is 406 g/mol. The van der Waals surface area contributed by atoms with Gasteiger partial charge in [0.15, 0.2) is 0 Å². The van der Waals surface area contributed by atoms with E-state index in [-0.39, 0.29) is 23.5 Å². The lowest BCUT2D eigenvalue weighted by Gasteiger charge is -2.28. The fraction of sp³-hybridized carbons (Fsp3) is 0.583. The van der Waals surface area contributed by atoms with Gasteiger partial charge in [-0.25, -0.2) is 4.98 Å². The largest absolute Gasteiger partial charge is 0.378 e. The van der Waals surface area contributed by atoms with Crippen LogP contribution in [-0.4, -0.2) is 63.0 Å². The van der Waals surface area contributed by atoms with Crippen LogP contribution in [0.15, 0.2) is 29.3 Å². The van der Waals surface area contributed by atoms with E-state index in [4.69, 9.17) is 9.72 Å². The van der Waals surface area contributed by atoms with Gasteiger partial charge in [-0.05, 0) is 43.7 Å². The van der Waals surface area contributed by atoms with E-state index < -0.39 is 0 Å². The number of aromatic amines is 1. The molecule has 0 radical (unpaired) electrons. The topological polar surface area (TPSA) is 91.4 Å². The van der Waals surface area contributed by atoms with Crippen LogP contribution < -0.4 is 5.56 Å². The molecule has 0 aliphatic carbocycles. The molecule has 3 aliphatic rings. The number of carbonyl (C=O) groups excluding carboxylic acids is 1. The number of nitrogens with zero attached hydrogens (tertiary/aromatic N) is 4. The molecule has 2 aromatic rings. The highest BCUT2D eigenvalue weighted by Crippen LogP contribution is 2.27. The summed E-state index contributed by atoms with van der Waals surface area (Å²) in [6.45, 7) is 4.48. The van der Waals surface area contributed by atoms with Gasteiger partial charge in [0, 0.05) is 69.6 Å². The molecule has 0 aromatic carbocycles. The number of rotatable bonds is 6. The zero-order valence-electron chi connectivity index (χ0n) is 18.5. The molecule has 8 nitrogen and oxygen atoms in total. The SMILES string of the molecule is O=C(CC[C@@H]1CCCO1)N1CC[C@H](c2nc3c(c(=O)[nH]2)CCN(Cc2cccnc2)C3)C1. The number of likely N-dealkylation sites (tertiary alicyclic amines) is 1. The van der Waals surface area contributed by atoms with Crippen LogP contribution >= 0.6 is 0 Å². The van der Waals surface area contributed by atoms with E-state index in [1.54, 1.807) is 6.20 Å². The Kier molecular flexibility index (Phi) is 6.32. The summed E-state index contributed by atoms with van der Waals surface area (Å²) in [4.78, 5) is 41.7. The Balaban J connectivity index is 1.22. The molecule has 1 amide bonds. The van der Waals surface area contributed by atoms with Crippen molar-refractivity contribution >= 4 is 5.91 Å². The molecule has 2 atom stereocenters. The van der Waals surface area contributed by atoms with Gasteiger partial charge < -0.3 is 14.6 Å². The summed E-state index contributed by atoms with van der Waals surface area (Å²) in [6.07, 6.45) is 8.95. The van der Waals surface area contributed by atoms with Crippen molar-refractivity contribution in [3.63, 3.8) is 0 Å². The summed E-state index contributed by atoms with van der Waals surface area (Å²) in [5.74, 6) is 1.01. The third-order valence-corrected chi connectivity index (χ3v) is 6.93. The summed E-state index contributed by atoms with van der Waals surface area (Å²) >= 11 is 0. The minimum Gasteiger partial charge on any atom is -0.378 e. The molecule has 2 aromatic heterocycles. The summed E-state index contributed by atoms with van der Waals surface area (Å²) in [5.41, 5.74) is 2.82. The molecule has 3 aliphatic heterocycles. The van der Waals surface area contributed by atoms with E-state index in [0.717, 1.165) is 74.6 Å². The van der Waals surface area contributed by atoms with Crippen molar-refractivity contribution in [3.05, 3.63) is 57.5 Å². The van der Waals surface area contributed by atoms with Crippen LogP contribution in [0, 0.1) is 0 Å². The van der Waals surface area contributed by atoms with E-state index in [1.165, 1.54) is 0 Å². The number of pyridine rings is 1. The van der Waals surface area contributed by atoms with Crippen LogP contribution in [0.2, 0.25) is 0 Å². The normalized spacial score (nSPS) is 23.4. The fourth-order valence-corrected chi connectivity index (χ4v) is 5.12. The minimum atomic E-state index is -0.0193. The second-order valence-electron chi connectivity index (χ2n) is 9.20. The number of ether oxygens (including phenoxy) is 1. The Morgan fingerprint density at radius 2 is 2.22 bits per heavy atom. The molecule has 8 heteroatoms. The molecule has 170 valence electrons. The molecule has 0 saturated carbocycles. The average molecular weight is 438 g/mol. The van der Waals surface area contributed by atoms with Gasteiger partial charge in [0.25, 0.3) is 5.56 Å². The molecule has 2 fully saturated rings. The van der Waals surface area contributed by atoms with Crippen molar-refractivity contribution < 1.29 is 9.53 Å². The first-order chi connectivity index (χ1) is 15.7. The van der Waals surface area contributed by atoms with Crippen molar-refractivity contribution in [1.29, 1.82) is 0 Å². The van der Waals surface area contributed by atoms with Gasteiger partial charge in [0.05, 0.1) is 11.8 Å². The standard InChI is InChI=1S/C24H31N5O3/c30-22(6-5-19-4-2-12-32-19)29-11-7-18(15-29)23-26-21-16-28(10-8-20(21)24(31)27-23)14-17-3-1-9-25-13-17/h1,3,9,13,18-19H,2,4-8,10-12,14-16H2,(H,26,27,31)/t18-,19-/m0/s1. The Morgan fingerprint density at radius 3 is 3.03 bits per heavy atom. The predicted molar refractivity (Wildman–Crippen MR) is 119 cm³/mol. The molecular formula is C24H31N5O3. The van der Waals surface area contributed by atoms with Crippen molar-refractivity contribution in [2.75, 3.05) is 26.2 Å². The molecule has 0 bridgehead atoms. The number of hydrogen-bond acceptors (Lipinski definition) is 6. The van der Waals surface area contributed by atoms with Crippen LogP contribution in [-0.2, 0) is 29.0 Å². The molecule has 5 rings (SSSR count). The second kappa shape index (κ2) is 9.50. The lowest BCUT2D eigenvalue weighted by molar-refractivity contribution is -0.130. The van der Waals surface area contributed by atoms with Gasteiger partial charge in [0.2, 0.25) is 5.91 Å². The smallest absolute Gasteiger partial charge is 0.254 e. The molecule has 5 heterocycles. The van der Waals surface area contributed by atoms with Crippen LogP contribution in [0.4, 0.5) is 0 Å².